The lowest BCUT2D eigenvalue weighted by atomic mass is 10.1. The molecule has 0 saturated carbocycles. The summed E-state index contributed by atoms with van der Waals surface area (Å²) in [5.74, 6) is -1.67. The van der Waals surface area contributed by atoms with Gasteiger partial charge in [0.25, 0.3) is 11.8 Å². The third-order valence-electron chi connectivity index (χ3n) is 5.24. The standard InChI is InChI=1S/C28H24FN5O3S2/c1-17(25(35)32-28-34-33-18(2)39-28)38-23-10-6-9-22(16-23)30-27(37)24(15-19-11-13-21(29)14-12-19)31-26(36)20-7-4-3-5-8-20/h3-17H,1-2H3,(H,30,37)(H,31,36)(H,32,34,35)/b24-15-. The molecule has 0 aliphatic rings. The van der Waals surface area contributed by atoms with Crippen molar-refractivity contribution in [2.45, 2.75) is 24.0 Å². The van der Waals surface area contributed by atoms with Crippen molar-refractivity contribution in [2.75, 3.05) is 10.6 Å². The summed E-state index contributed by atoms with van der Waals surface area (Å²) < 4.78 is 13.4. The molecule has 1 aromatic heterocycles. The number of aryl methyl sites for hydroxylation is 1. The minimum Gasteiger partial charge on any atom is -0.321 e. The summed E-state index contributed by atoms with van der Waals surface area (Å²) in [7, 11) is 0. The molecule has 11 heteroatoms. The molecular formula is C28H24FN5O3S2. The number of hydrogen-bond acceptors (Lipinski definition) is 7. The predicted octanol–water partition coefficient (Wildman–Crippen LogP) is 5.51. The van der Waals surface area contributed by atoms with E-state index in [4.69, 9.17) is 0 Å². The number of rotatable bonds is 9. The number of thioether (sulfide) groups is 1. The van der Waals surface area contributed by atoms with Crippen molar-refractivity contribution in [3.8, 4) is 0 Å². The number of hydrogen-bond donors (Lipinski definition) is 3. The van der Waals surface area contributed by atoms with Gasteiger partial charge in [-0.05, 0) is 68.0 Å². The quantitative estimate of drug-likeness (QED) is 0.183. The highest BCUT2D eigenvalue weighted by atomic mass is 32.2. The van der Waals surface area contributed by atoms with Gasteiger partial charge in [-0.3, -0.25) is 19.7 Å². The lowest BCUT2D eigenvalue weighted by molar-refractivity contribution is -0.115. The molecular weight excluding hydrogens is 537 g/mol. The van der Waals surface area contributed by atoms with E-state index in [1.165, 1.54) is 53.4 Å². The van der Waals surface area contributed by atoms with Crippen LogP contribution in [0.4, 0.5) is 15.2 Å². The summed E-state index contributed by atoms with van der Waals surface area (Å²) in [5, 5.41) is 16.7. The molecule has 1 unspecified atom stereocenters. The Morgan fingerprint density at radius 2 is 1.69 bits per heavy atom. The molecule has 3 aromatic carbocycles. The summed E-state index contributed by atoms with van der Waals surface area (Å²) in [6.07, 6.45) is 1.47. The van der Waals surface area contributed by atoms with Crippen LogP contribution in [0.25, 0.3) is 6.08 Å². The van der Waals surface area contributed by atoms with Crippen LogP contribution in [-0.4, -0.2) is 33.2 Å². The van der Waals surface area contributed by atoms with Crippen molar-refractivity contribution in [1.29, 1.82) is 0 Å². The van der Waals surface area contributed by atoms with E-state index in [2.05, 4.69) is 26.1 Å². The molecule has 3 amide bonds. The van der Waals surface area contributed by atoms with E-state index in [1.54, 1.807) is 62.4 Å². The van der Waals surface area contributed by atoms with Gasteiger partial charge < -0.3 is 10.6 Å². The molecule has 0 aliphatic heterocycles. The highest BCUT2D eigenvalue weighted by molar-refractivity contribution is 8.00. The fraction of sp³-hybridized carbons (Fsp3) is 0.107. The monoisotopic (exact) mass is 561 g/mol. The first kappa shape index (κ1) is 27.7. The first-order valence-electron chi connectivity index (χ1n) is 11.8. The molecule has 39 heavy (non-hydrogen) atoms. The Morgan fingerprint density at radius 1 is 0.949 bits per heavy atom. The summed E-state index contributed by atoms with van der Waals surface area (Å²) in [5.41, 5.74) is 1.36. The third-order valence-corrected chi connectivity index (χ3v) is 7.09. The third kappa shape index (κ3) is 8.06. The smallest absolute Gasteiger partial charge is 0.272 e. The van der Waals surface area contributed by atoms with Crippen LogP contribution in [0.2, 0.25) is 0 Å². The summed E-state index contributed by atoms with van der Waals surface area (Å²) in [4.78, 5) is 39.3. The van der Waals surface area contributed by atoms with Crippen LogP contribution >= 0.6 is 23.1 Å². The Labute approximate surface area is 232 Å². The molecule has 1 atom stereocenters. The van der Waals surface area contributed by atoms with Crippen LogP contribution in [0.15, 0.2) is 89.5 Å². The highest BCUT2D eigenvalue weighted by Gasteiger charge is 2.18. The van der Waals surface area contributed by atoms with Crippen LogP contribution in [0.3, 0.4) is 0 Å². The second-order valence-corrected chi connectivity index (χ2v) is 10.9. The minimum atomic E-state index is -0.566. The average Bonchev–Trinajstić information content (AvgIpc) is 3.34. The van der Waals surface area contributed by atoms with E-state index < -0.39 is 22.9 Å². The van der Waals surface area contributed by atoms with Crippen LogP contribution in [0.1, 0.15) is 27.9 Å². The molecule has 0 fully saturated rings. The topological polar surface area (TPSA) is 113 Å². The molecule has 3 N–H and O–H groups in total. The second-order valence-electron chi connectivity index (χ2n) is 8.29. The lowest BCUT2D eigenvalue weighted by Gasteiger charge is -2.13. The number of aromatic nitrogens is 2. The Morgan fingerprint density at radius 3 is 2.38 bits per heavy atom. The van der Waals surface area contributed by atoms with Crippen molar-refractivity contribution >= 4 is 57.7 Å². The first-order chi connectivity index (χ1) is 18.8. The molecule has 198 valence electrons. The van der Waals surface area contributed by atoms with Gasteiger partial charge in [0.1, 0.15) is 16.5 Å². The maximum atomic E-state index is 13.4. The summed E-state index contributed by atoms with van der Waals surface area (Å²) in [6.45, 7) is 3.57. The fourth-order valence-corrected chi connectivity index (χ4v) is 4.85. The van der Waals surface area contributed by atoms with Gasteiger partial charge in [0.15, 0.2) is 0 Å². The molecule has 0 saturated heterocycles. The molecule has 4 rings (SSSR count). The number of nitrogens with one attached hydrogen (secondary N) is 3. The van der Waals surface area contributed by atoms with Gasteiger partial charge in [0.05, 0.1) is 5.25 Å². The lowest BCUT2D eigenvalue weighted by Crippen LogP contribution is -2.30. The van der Waals surface area contributed by atoms with E-state index in [0.29, 0.717) is 21.9 Å². The van der Waals surface area contributed by atoms with E-state index in [0.717, 1.165) is 9.90 Å². The zero-order valence-electron chi connectivity index (χ0n) is 21.0. The van der Waals surface area contributed by atoms with Gasteiger partial charge in [0.2, 0.25) is 11.0 Å². The zero-order chi connectivity index (χ0) is 27.8. The van der Waals surface area contributed by atoms with Crippen LogP contribution < -0.4 is 16.0 Å². The minimum absolute atomic E-state index is 0.0198. The number of nitrogens with zero attached hydrogens (tertiary/aromatic N) is 2. The van der Waals surface area contributed by atoms with Gasteiger partial charge >= 0.3 is 0 Å². The Kier molecular flexibility index (Phi) is 9.18. The van der Waals surface area contributed by atoms with Gasteiger partial charge in [-0.25, -0.2) is 4.39 Å². The average molecular weight is 562 g/mol. The molecule has 0 bridgehead atoms. The Balaban J connectivity index is 1.48. The van der Waals surface area contributed by atoms with E-state index in [9.17, 15) is 18.8 Å². The molecule has 0 spiro atoms. The summed E-state index contributed by atoms with van der Waals surface area (Å²) >= 11 is 2.60. The van der Waals surface area contributed by atoms with Gasteiger partial charge in [-0.2, -0.15) is 0 Å². The molecule has 8 nitrogen and oxygen atoms in total. The number of carbonyl (C=O) groups excluding carboxylic acids is 3. The number of amides is 3. The van der Waals surface area contributed by atoms with E-state index in [-0.39, 0.29) is 11.6 Å². The van der Waals surface area contributed by atoms with Crippen molar-refractivity contribution in [1.82, 2.24) is 15.5 Å². The van der Waals surface area contributed by atoms with Gasteiger partial charge in [-0.1, -0.05) is 47.7 Å². The molecule has 1 heterocycles. The van der Waals surface area contributed by atoms with Crippen LogP contribution in [-0.2, 0) is 9.59 Å². The van der Waals surface area contributed by atoms with Crippen molar-refractivity contribution in [3.63, 3.8) is 0 Å². The maximum Gasteiger partial charge on any atom is 0.272 e. The fourth-order valence-electron chi connectivity index (χ4n) is 3.33. The van der Waals surface area contributed by atoms with Crippen molar-refractivity contribution < 1.29 is 18.8 Å². The number of anilines is 2. The van der Waals surface area contributed by atoms with Crippen LogP contribution in [0, 0.1) is 12.7 Å². The molecule has 0 radical (unpaired) electrons. The maximum absolute atomic E-state index is 13.4. The molecule has 0 aliphatic carbocycles. The van der Waals surface area contributed by atoms with E-state index in [1.807, 2.05) is 6.07 Å². The van der Waals surface area contributed by atoms with Crippen molar-refractivity contribution in [3.05, 3.63) is 107 Å². The Hall–Kier alpha value is -4.35. The number of carbonyl (C=O) groups is 3. The van der Waals surface area contributed by atoms with Gasteiger partial charge in [0, 0.05) is 16.1 Å². The highest BCUT2D eigenvalue weighted by Crippen LogP contribution is 2.27. The van der Waals surface area contributed by atoms with Crippen molar-refractivity contribution in [2.24, 2.45) is 0 Å². The second kappa shape index (κ2) is 12.9. The van der Waals surface area contributed by atoms with Crippen LogP contribution in [0.5, 0.6) is 0 Å². The largest absolute Gasteiger partial charge is 0.321 e. The normalized spacial score (nSPS) is 11.9. The van der Waals surface area contributed by atoms with Gasteiger partial charge in [-0.15, -0.1) is 22.0 Å². The predicted molar refractivity (Wildman–Crippen MR) is 152 cm³/mol. The number of halogens is 1. The zero-order valence-corrected chi connectivity index (χ0v) is 22.6. The Bertz CT molecular complexity index is 1510. The SMILES string of the molecule is Cc1nnc(NC(=O)C(C)Sc2cccc(NC(=O)/C(=C/c3ccc(F)cc3)NC(=O)c3ccccc3)c2)s1. The van der Waals surface area contributed by atoms with E-state index >= 15 is 0 Å². The number of benzene rings is 3. The summed E-state index contributed by atoms with van der Waals surface area (Å²) in [6, 6.07) is 21.0. The first-order valence-corrected chi connectivity index (χ1v) is 13.5. The molecule has 4 aromatic rings.